The van der Waals surface area contributed by atoms with Crippen LogP contribution in [-0.4, -0.2) is 21.8 Å². The number of carbonyl (C=O) groups is 2. The first kappa shape index (κ1) is 12.2. The Morgan fingerprint density at radius 2 is 2.25 bits per heavy atom. The summed E-state index contributed by atoms with van der Waals surface area (Å²) in [5.74, 6) is -0.331. The van der Waals surface area contributed by atoms with E-state index in [-0.39, 0.29) is 11.8 Å². The number of nitrogens with zero attached hydrogens (tertiary/aromatic N) is 1. The summed E-state index contributed by atoms with van der Waals surface area (Å²) >= 11 is 0. The van der Waals surface area contributed by atoms with Crippen LogP contribution in [0, 0.1) is 0 Å². The molecule has 6 nitrogen and oxygen atoms in total. The maximum atomic E-state index is 12.0. The molecule has 1 aromatic heterocycles. The highest BCUT2D eigenvalue weighted by Crippen LogP contribution is 2.34. The van der Waals surface area contributed by atoms with E-state index in [0.717, 1.165) is 11.3 Å². The lowest BCUT2D eigenvalue weighted by atomic mass is 10.1. The van der Waals surface area contributed by atoms with Crippen molar-refractivity contribution in [3.05, 3.63) is 42.0 Å². The lowest BCUT2D eigenvalue weighted by molar-refractivity contribution is -0.114. The summed E-state index contributed by atoms with van der Waals surface area (Å²) in [5, 5.41) is 5.48. The van der Waals surface area contributed by atoms with Crippen LogP contribution < -0.4 is 10.6 Å². The third-order valence-electron chi connectivity index (χ3n) is 2.93. The second kappa shape index (κ2) is 4.65. The fourth-order valence-corrected chi connectivity index (χ4v) is 2.11. The number of rotatable bonds is 2. The Morgan fingerprint density at radius 3 is 2.95 bits per heavy atom. The van der Waals surface area contributed by atoms with E-state index in [1.54, 1.807) is 36.8 Å². The van der Waals surface area contributed by atoms with Gasteiger partial charge in [0.05, 0.1) is 17.6 Å². The van der Waals surface area contributed by atoms with Crippen molar-refractivity contribution in [1.82, 2.24) is 9.97 Å². The van der Waals surface area contributed by atoms with Crippen molar-refractivity contribution in [2.75, 3.05) is 10.6 Å². The van der Waals surface area contributed by atoms with Crippen LogP contribution in [0.5, 0.6) is 0 Å². The van der Waals surface area contributed by atoms with Gasteiger partial charge in [-0.05, 0) is 24.3 Å². The molecule has 0 radical (unpaired) electrons. The van der Waals surface area contributed by atoms with E-state index in [0.29, 0.717) is 17.0 Å². The summed E-state index contributed by atoms with van der Waals surface area (Å²) in [7, 11) is 0. The van der Waals surface area contributed by atoms with Gasteiger partial charge in [-0.1, -0.05) is 0 Å². The lowest BCUT2D eigenvalue weighted by Crippen LogP contribution is -2.05. The number of hydrogen-bond donors (Lipinski definition) is 3. The number of benzene rings is 1. The fraction of sp³-hybridized carbons (Fsp3) is 0.0714. The van der Waals surface area contributed by atoms with Gasteiger partial charge in [0, 0.05) is 30.1 Å². The number of fused-ring (bicyclic) bond motifs is 1. The van der Waals surface area contributed by atoms with Gasteiger partial charge in [0.25, 0.3) is 5.91 Å². The number of anilines is 2. The normalized spacial score (nSPS) is 15.1. The first-order chi connectivity index (χ1) is 9.63. The highest BCUT2D eigenvalue weighted by atomic mass is 16.2. The summed E-state index contributed by atoms with van der Waals surface area (Å²) in [6.07, 6.45) is 4.96. The Balaban J connectivity index is 2.04. The largest absolute Gasteiger partial charge is 0.351 e. The molecule has 1 aromatic carbocycles. The molecule has 1 aliphatic heterocycles. The zero-order chi connectivity index (χ0) is 14.1. The third kappa shape index (κ3) is 2.18. The summed E-state index contributed by atoms with van der Waals surface area (Å²) in [6, 6.07) is 5.29. The minimum absolute atomic E-state index is 0.153. The zero-order valence-electron chi connectivity index (χ0n) is 10.7. The molecule has 6 heteroatoms. The number of H-pyrrole nitrogens is 1. The summed E-state index contributed by atoms with van der Waals surface area (Å²) in [5.41, 5.74) is 3.34. The number of imidazole rings is 1. The van der Waals surface area contributed by atoms with Crippen LogP contribution in [-0.2, 0) is 9.59 Å². The summed E-state index contributed by atoms with van der Waals surface area (Å²) < 4.78 is 0. The van der Waals surface area contributed by atoms with Crippen molar-refractivity contribution in [1.29, 1.82) is 0 Å². The summed E-state index contributed by atoms with van der Waals surface area (Å²) in [4.78, 5) is 30.0. The fourth-order valence-electron chi connectivity index (χ4n) is 2.11. The van der Waals surface area contributed by atoms with E-state index in [1.807, 2.05) is 0 Å². The topological polar surface area (TPSA) is 86.9 Å². The van der Waals surface area contributed by atoms with Gasteiger partial charge in [-0.2, -0.15) is 0 Å². The third-order valence-corrected chi connectivity index (χ3v) is 2.93. The van der Waals surface area contributed by atoms with Crippen molar-refractivity contribution in [2.24, 2.45) is 0 Å². The molecule has 0 unspecified atom stereocenters. The van der Waals surface area contributed by atoms with Gasteiger partial charge in [0.1, 0.15) is 0 Å². The highest BCUT2D eigenvalue weighted by molar-refractivity contribution is 6.35. The van der Waals surface area contributed by atoms with Crippen LogP contribution in [0.25, 0.3) is 11.6 Å². The monoisotopic (exact) mass is 268 g/mol. The number of aromatic amines is 1. The van der Waals surface area contributed by atoms with Gasteiger partial charge < -0.3 is 15.6 Å². The standard InChI is InChI=1S/C14H12N4O2/c1-8(19)17-9-2-3-13-11(4-9)12(14(20)18-13)5-10-6-15-7-16-10/h2-7H,1H3,(H,15,16)(H,17,19)(H,18,20). The van der Waals surface area contributed by atoms with Crippen molar-refractivity contribution < 1.29 is 9.59 Å². The number of amides is 2. The minimum atomic E-state index is -0.178. The zero-order valence-corrected chi connectivity index (χ0v) is 10.7. The van der Waals surface area contributed by atoms with Crippen LogP contribution >= 0.6 is 0 Å². The number of carbonyl (C=O) groups excluding carboxylic acids is 2. The van der Waals surface area contributed by atoms with Crippen LogP contribution in [0.3, 0.4) is 0 Å². The Labute approximate surface area is 114 Å². The second-order valence-electron chi connectivity index (χ2n) is 4.45. The Morgan fingerprint density at radius 1 is 1.40 bits per heavy atom. The molecule has 2 heterocycles. The smallest absolute Gasteiger partial charge is 0.256 e. The average molecular weight is 268 g/mol. The first-order valence-electron chi connectivity index (χ1n) is 6.07. The average Bonchev–Trinajstić information content (AvgIpc) is 2.99. The minimum Gasteiger partial charge on any atom is -0.351 e. The van der Waals surface area contributed by atoms with Crippen LogP contribution in [0.1, 0.15) is 18.2 Å². The Bertz CT molecular complexity index is 717. The molecular formula is C14H12N4O2. The maximum absolute atomic E-state index is 12.0. The Kier molecular flexibility index (Phi) is 2.83. The number of hydrogen-bond acceptors (Lipinski definition) is 3. The van der Waals surface area contributed by atoms with Crippen molar-refractivity contribution in [3.8, 4) is 0 Å². The van der Waals surface area contributed by atoms with E-state index in [9.17, 15) is 9.59 Å². The number of aromatic nitrogens is 2. The van der Waals surface area contributed by atoms with Gasteiger partial charge in [0.15, 0.2) is 0 Å². The molecule has 0 saturated carbocycles. The van der Waals surface area contributed by atoms with Gasteiger partial charge in [-0.15, -0.1) is 0 Å². The van der Waals surface area contributed by atoms with Crippen molar-refractivity contribution in [3.63, 3.8) is 0 Å². The molecule has 3 N–H and O–H groups in total. The van der Waals surface area contributed by atoms with E-state index in [4.69, 9.17) is 0 Å². The number of nitrogens with one attached hydrogen (secondary N) is 3. The molecule has 2 amide bonds. The maximum Gasteiger partial charge on any atom is 0.256 e. The molecule has 0 spiro atoms. The molecule has 3 rings (SSSR count). The molecule has 0 aliphatic carbocycles. The molecule has 20 heavy (non-hydrogen) atoms. The molecule has 100 valence electrons. The van der Waals surface area contributed by atoms with Gasteiger partial charge >= 0.3 is 0 Å². The van der Waals surface area contributed by atoms with E-state index >= 15 is 0 Å². The van der Waals surface area contributed by atoms with Crippen LogP contribution in [0.4, 0.5) is 11.4 Å². The lowest BCUT2D eigenvalue weighted by Gasteiger charge is -2.04. The molecule has 1 aliphatic rings. The quantitative estimate of drug-likeness (QED) is 0.726. The molecule has 0 saturated heterocycles. The molecular weight excluding hydrogens is 256 g/mol. The summed E-state index contributed by atoms with van der Waals surface area (Å²) in [6.45, 7) is 1.44. The second-order valence-corrected chi connectivity index (χ2v) is 4.45. The molecule has 0 bridgehead atoms. The first-order valence-corrected chi connectivity index (χ1v) is 6.07. The van der Waals surface area contributed by atoms with Crippen molar-refractivity contribution >= 4 is 34.8 Å². The molecule has 2 aromatic rings. The van der Waals surface area contributed by atoms with E-state index in [1.165, 1.54) is 6.92 Å². The highest BCUT2D eigenvalue weighted by Gasteiger charge is 2.24. The SMILES string of the molecule is CC(=O)Nc1ccc2c(c1)C(=Cc1c[nH]cn1)C(=O)N2. The van der Waals surface area contributed by atoms with E-state index < -0.39 is 0 Å². The molecule has 0 atom stereocenters. The predicted octanol–water partition coefficient (Wildman–Crippen LogP) is 1.86. The van der Waals surface area contributed by atoms with Crippen LogP contribution in [0.2, 0.25) is 0 Å². The van der Waals surface area contributed by atoms with Gasteiger partial charge in [0.2, 0.25) is 5.91 Å². The van der Waals surface area contributed by atoms with Crippen LogP contribution in [0.15, 0.2) is 30.7 Å². The predicted molar refractivity (Wildman–Crippen MR) is 75.8 cm³/mol. The Hall–Kier alpha value is -2.89. The van der Waals surface area contributed by atoms with Gasteiger partial charge in [-0.25, -0.2) is 4.98 Å². The van der Waals surface area contributed by atoms with E-state index in [2.05, 4.69) is 20.6 Å². The van der Waals surface area contributed by atoms with Gasteiger partial charge in [-0.3, -0.25) is 9.59 Å². The molecule has 0 fully saturated rings. The van der Waals surface area contributed by atoms with Crippen molar-refractivity contribution in [2.45, 2.75) is 6.92 Å².